The SMILES string of the molecule is COc1cc(CN(C)C(=O)c2ccc(Cl)c(Cl)c2)cc(OC)c1OC. The number of rotatable bonds is 6. The van der Waals surface area contributed by atoms with Gasteiger partial charge in [-0.3, -0.25) is 4.79 Å². The third-order valence-electron chi connectivity index (χ3n) is 3.66. The lowest BCUT2D eigenvalue weighted by atomic mass is 10.1. The molecule has 0 radical (unpaired) electrons. The molecule has 25 heavy (non-hydrogen) atoms. The lowest BCUT2D eigenvalue weighted by molar-refractivity contribution is 0.0785. The van der Waals surface area contributed by atoms with Gasteiger partial charge in [0.2, 0.25) is 5.75 Å². The maximum Gasteiger partial charge on any atom is 0.253 e. The Hall–Kier alpha value is -2.11. The summed E-state index contributed by atoms with van der Waals surface area (Å²) in [6.45, 7) is 0.357. The highest BCUT2D eigenvalue weighted by molar-refractivity contribution is 6.42. The normalized spacial score (nSPS) is 10.3. The molecule has 0 heterocycles. The molecular weight excluding hydrogens is 365 g/mol. The maximum atomic E-state index is 12.6. The van der Waals surface area contributed by atoms with Crippen LogP contribution >= 0.6 is 23.2 Å². The van der Waals surface area contributed by atoms with Gasteiger partial charge in [0.15, 0.2) is 11.5 Å². The van der Waals surface area contributed by atoms with E-state index in [0.29, 0.717) is 39.4 Å². The lowest BCUT2D eigenvalue weighted by Gasteiger charge is -2.20. The standard InChI is InChI=1S/C18H19Cl2NO4/c1-21(18(22)12-5-6-13(19)14(20)9-12)10-11-7-15(23-2)17(25-4)16(8-11)24-3/h5-9H,10H2,1-4H3. The minimum atomic E-state index is -0.174. The molecule has 0 spiro atoms. The minimum Gasteiger partial charge on any atom is -0.493 e. The van der Waals surface area contributed by atoms with E-state index in [1.54, 1.807) is 63.6 Å². The second-order valence-electron chi connectivity index (χ2n) is 5.32. The minimum absolute atomic E-state index is 0.174. The van der Waals surface area contributed by atoms with Gasteiger partial charge >= 0.3 is 0 Å². The number of halogens is 2. The van der Waals surface area contributed by atoms with Crippen molar-refractivity contribution in [2.75, 3.05) is 28.4 Å². The van der Waals surface area contributed by atoms with Crippen LogP contribution in [0.25, 0.3) is 0 Å². The van der Waals surface area contributed by atoms with Crippen LogP contribution in [0.1, 0.15) is 15.9 Å². The topological polar surface area (TPSA) is 48.0 Å². The Kier molecular flexibility index (Phi) is 6.39. The van der Waals surface area contributed by atoms with E-state index in [-0.39, 0.29) is 5.91 Å². The first-order chi connectivity index (χ1) is 11.9. The van der Waals surface area contributed by atoms with Crippen molar-refractivity contribution in [1.82, 2.24) is 4.90 Å². The Labute approximate surface area is 157 Å². The zero-order chi connectivity index (χ0) is 18.6. The summed E-state index contributed by atoms with van der Waals surface area (Å²) >= 11 is 11.9. The molecule has 7 heteroatoms. The summed E-state index contributed by atoms with van der Waals surface area (Å²) in [6.07, 6.45) is 0. The number of amides is 1. The smallest absolute Gasteiger partial charge is 0.253 e. The number of nitrogens with zero attached hydrogens (tertiary/aromatic N) is 1. The molecule has 0 bridgehead atoms. The monoisotopic (exact) mass is 383 g/mol. The second kappa shape index (κ2) is 8.32. The van der Waals surface area contributed by atoms with E-state index in [9.17, 15) is 4.79 Å². The highest BCUT2D eigenvalue weighted by atomic mass is 35.5. The van der Waals surface area contributed by atoms with Crippen molar-refractivity contribution in [2.24, 2.45) is 0 Å². The molecule has 2 aromatic carbocycles. The Morgan fingerprint density at radius 2 is 1.56 bits per heavy atom. The molecule has 0 aromatic heterocycles. The van der Waals surface area contributed by atoms with E-state index >= 15 is 0 Å². The molecule has 0 aliphatic rings. The summed E-state index contributed by atoms with van der Waals surface area (Å²) < 4.78 is 16.0. The predicted molar refractivity (Wildman–Crippen MR) is 98.4 cm³/mol. The summed E-state index contributed by atoms with van der Waals surface area (Å²) in [5.74, 6) is 1.40. The van der Waals surface area contributed by atoms with Gasteiger partial charge in [-0.2, -0.15) is 0 Å². The van der Waals surface area contributed by atoms with Crippen molar-refractivity contribution < 1.29 is 19.0 Å². The van der Waals surface area contributed by atoms with Crippen molar-refractivity contribution in [1.29, 1.82) is 0 Å². The Morgan fingerprint density at radius 3 is 2.04 bits per heavy atom. The largest absolute Gasteiger partial charge is 0.493 e. The van der Waals surface area contributed by atoms with Gasteiger partial charge in [-0.15, -0.1) is 0 Å². The highest BCUT2D eigenvalue weighted by Gasteiger charge is 2.17. The molecule has 5 nitrogen and oxygen atoms in total. The molecule has 0 saturated carbocycles. The number of benzene rings is 2. The van der Waals surface area contributed by atoms with Crippen LogP contribution in [0.3, 0.4) is 0 Å². The number of carbonyl (C=O) groups is 1. The maximum absolute atomic E-state index is 12.6. The van der Waals surface area contributed by atoms with Crippen LogP contribution in [-0.2, 0) is 6.54 Å². The summed E-state index contributed by atoms with van der Waals surface area (Å²) in [6, 6.07) is 8.41. The molecule has 2 rings (SSSR count). The van der Waals surface area contributed by atoms with Crippen LogP contribution < -0.4 is 14.2 Å². The average molecular weight is 384 g/mol. The Morgan fingerprint density at radius 1 is 0.960 bits per heavy atom. The van der Waals surface area contributed by atoms with E-state index in [4.69, 9.17) is 37.4 Å². The fourth-order valence-electron chi connectivity index (χ4n) is 2.42. The van der Waals surface area contributed by atoms with Gasteiger partial charge in [-0.05, 0) is 35.9 Å². The van der Waals surface area contributed by atoms with Crippen LogP contribution in [0.15, 0.2) is 30.3 Å². The van der Waals surface area contributed by atoms with Gasteiger partial charge in [0.05, 0.1) is 31.4 Å². The van der Waals surface area contributed by atoms with E-state index in [0.717, 1.165) is 5.56 Å². The molecule has 2 aromatic rings. The van der Waals surface area contributed by atoms with Crippen LogP contribution in [0.5, 0.6) is 17.2 Å². The highest BCUT2D eigenvalue weighted by Crippen LogP contribution is 2.38. The van der Waals surface area contributed by atoms with Crippen molar-refractivity contribution in [3.8, 4) is 17.2 Å². The first kappa shape index (κ1) is 19.2. The van der Waals surface area contributed by atoms with Crippen LogP contribution in [-0.4, -0.2) is 39.2 Å². The number of methoxy groups -OCH3 is 3. The fraction of sp³-hybridized carbons (Fsp3) is 0.278. The van der Waals surface area contributed by atoms with E-state index in [1.165, 1.54) is 0 Å². The average Bonchev–Trinajstić information content (AvgIpc) is 2.62. The van der Waals surface area contributed by atoms with Gasteiger partial charge in [-0.1, -0.05) is 23.2 Å². The zero-order valence-electron chi connectivity index (χ0n) is 14.4. The van der Waals surface area contributed by atoms with Gasteiger partial charge in [0.1, 0.15) is 0 Å². The van der Waals surface area contributed by atoms with Crippen molar-refractivity contribution >= 4 is 29.1 Å². The number of hydrogen-bond acceptors (Lipinski definition) is 4. The van der Waals surface area contributed by atoms with Crippen molar-refractivity contribution in [3.05, 3.63) is 51.5 Å². The van der Waals surface area contributed by atoms with E-state index in [1.807, 2.05) is 0 Å². The number of hydrogen-bond donors (Lipinski definition) is 0. The Balaban J connectivity index is 2.26. The molecule has 0 fully saturated rings. The van der Waals surface area contributed by atoms with Crippen LogP contribution in [0.4, 0.5) is 0 Å². The summed E-state index contributed by atoms with van der Waals surface area (Å²) in [4.78, 5) is 14.2. The molecule has 0 aliphatic carbocycles. The fourth-order valence-corrected chi connectivity index (χ4v) is 2.72. The van der Waals surface area contributed by atoms with Gasteiger partial charge in [0.25, 0.3) is 5.91 Å². The summed E-state index contributed by atoms with van der Waals surface area (Å²) in [7, 11) is 6.34. The lowest BCUT2D eigenvalue weighted by Crippen LogP contribution is -2.26. The molecule has 0 unspecified atom stereocenters. The van der Waals surface area contributed by atoms with E-state index < -0.39 is 0 Å². The first-order valence-corrected chi connectivity index (χ1v) is 8.16. The van der Waals surface area contributed by atoms with Crippen molar-refractivity contribution in [2.45, 2.75) is 6.54 Å². The third kappa shape index (κ3) is 4.30. The summed E-state index contributed by atoms with van der Waals surface area (Å²) in [5, 5.41) is 0.749. The molecule has 134 valence electrons. The second-order valence-corrected chi connectivity index (χ2v) is 6.14. The molecule has 0 atom stereocenters. The van der Waals surface area contributed by atoms with E-state index in [2.05, 4.69) is 0 Å². The number of carbonyl (C=O) groups excluding carboxylic acids is 1. The molecule has 0 saturated heterocycles. The predicted octanol–water partition coefficient (Wildman–Crippen LogP) is 4.29. The van der Waals surface area contributed by atoms with Gasteiger partial charge in [0, 0.05) is 19.2 Å². The molecule has 0 aliphatic heterocycles. The molecule has 0 N–H and O–H groups in total. The quantitative estimate of drug-likeness (QED) is 0.746. The Bertz CT molecular complexity index is 755. The van der Waals surface area contributed by atoms with Gasteiger partial charge in [-0.25, -0.2) is 0 Å². The molecule has 1 amide bonds. The van der Waals surface area contributed by atoms with Gasteiger partial charge < -0.3 is 19.1 Å². The first-order valence-electron chi connectivity index (χ1n) is 7.40. The van der Waals surface area contributed by atoms with Crippen molar-refractivity contribution in [3.63, 3.8) is 0 Å². The molecular formula is C18H19Cl2NO4. The summed E-state index contributed by atoms with van der Waals surface area (Å²) in [5.41, 5.74) is 1.30. The third-order valence-corrected chi connectivity index (χ3v) is 4.40. The zero-order valence-corrected chi connectivity index (χ0v) is 15.9. The van der Waals surface area contributed by atoms with Crippen LogP contribution in [0.2, 0.25) is 10.0 Å². The number of ether oxygens (including phenoxy) is 3. The van der Waals surface area contributed by atoms with Crippen LogP contribution in [0, 0.1) is 0 Å².